The minimum Gasteiger partial charge on any atom is -0.387 e. The van der Waals surface area contributed by atoms with Gasteiger partial charge in [0.15, 0.2) is 0 Å². The predicted molar refractivity (Wildman–Crippen MR) is 63.5 cm³/mol. The summed E-state index contributed by atoms with van der Waals surface area (Å²) in [6, 6.07) is 2.09. The second kappa shape index (κ2) is 6.24. The van der Waals surface area contributed by atoms with Gasteiger partial charge in [0.05, 0.1) is 30.4 Å². The second-order valence-electron chi connectivity index (χ2n) is 3.25. The molecule has 0 saturated heterocycles. The SMILES string of the molecule is CCN(CCOC)c1cncc(NC)c1. The van der Waals surface area contributed by atoms with Crippen LogP contribution in [0.5, 0.6) is 0 Å². The Hall–Kier alpha value is -1.29. The van der Waals surface area contributed by atoms with E-state index in [1.807, 2.05) is 19.4 Å². The van der Waals surface area contributed by atoms with Crippen molar-refractivity contribution in [1.29, 1.82) is 0 Å². The fraction of sp³-hybridized carbons (Fsp3) is 0.545. The Labute approximate surface area is 91.3 Å². The molecule has 1 aromatic rings. The molecule has 0 unspecified atom stereocenters. The summed E-state index contributed by atoms with van der Waals surface area (Å²) < 4.78 is 5.07. The number of pyridine rings is 1. The van der Waals surface area contributed by atoms with Crippen LogP contribution in [-0.4, -0.2) is 38.8 Å². The third kappa shape index (κ3) is 3.40. The summed E-state index contributed by atoms with van der Waals surface area (Å²) >= 11 is 0. The van der Waals surface area contributed by atoms with Crippen LogP contribution < -0.4 is 10.2 Å². The maximum atomic E-state index is 5.07. The zero-order valence-corrected chi connectivity index (χ0v) is 9.66. The Kier molecular flexibility index (Phi) is 4.90. The molecule has 4 heteroatoms. The molecule has 84 valence electrons. The highest BCUT2D eigenvalue weighted by atomic mass is 16.5. The smallest absolute Gasteiger partial charge is 0.0637 e. The van der Waals surface area contributed by atoms with E-state index in [4.69, 9.17) is 4.74 Å². The lowest BCUT2D eigenvalue weighted by molar-refractivity contribution is 0.205. The first-order chi connectivity index (χ1) is 7.31. The quantitative estimate of drug-likeness (QED) is 0.772. The van der Waals surface area contributed by atoms with Gasteiger partial charge < -0.3 is 15.0 Å². The molecule has 0 aromatic carbocycles. The van der Waals surface area contributed by atoms with Crippen molar-refractivity contribution >= 4 is 11.4 Å². The van der Waals surface area contributed by atoms with E-state index in [-0.39, 0.29) is 0 Å². The van der Waals surface area contributed by atoms with Crippen molar-refractivity contribution in [2.24, 2.45) is 0 Å². The van der Waals surface area contributed by atoms with E-state index < -0.39 is 0 Å². The lowest BCUT2D eigenvalue weighted by Gasteiger charge is -2.22. The van der Waals surface area contributed by atoms with Gasteiger partial charge >= 0.3 is 0 Å². The zero-order valence-electron chi connectivity index (χ0n) is 9.66. The highest BCUT2D eigenvalue weighted by Crippen LogP contribution is 2.16. The molecule has 0 saturated carbocycles. The van der Waals surface area contributed by atoms with Gasteiger partial charge in [-0.15, -0.1) is 0 Å². The average Bonchev–Trinajstić information content (AvgIpc) is 2.30. The van der Waals surface area contributed by atoms with Crippen LogP contribution in [0.1, 0.15) is 6.92 Å². The van der Waals surface area contributed by atoms with Crippen molar-refractivity contribution in [3.8, 4) is 0 Å². The number of rotatable bonds is 6. The van der Waals surface area contributed by atoms with Crippen LogP contribution in [0, 0.1) is 0 Å². The minimum absolute atomic E-state index is 0.734. The summed E-state index contributed by atoms with van der Waals surface area (Å²) in [6.45, 7) is 4.71. The molecule has 0 amide bonds. The minimum atomic E-state index is 0.734. The van der Waals surface area contributed by atoms with Crippen LogP contribution in [0.3, 0.4) is 0 Å². The lowest BCUT2D eigenvalue weighted by Crippen LogP contribution is -2.26. The number of methoxy groups -OCH3 is 1. The monoisotopic (exact) mass is 209 g/mol. The van der Waals surface area contributed by atoms with E-state index in [9.17, 15) is 0 Å². The fourth-order valence-electron chi connectivity index (χ4n) is 1.41. The van der Waals surface area contributed by atoms with E-state index in [0.29, 0.717) is 0 Å². The van der Waals surface area contributed by atoms with Crippen molar-refractivity contribution in [3.63, 3.8) is 0 Å². The molecule has 0 aliphatic rings. The number of likely N-dealkylation sites (N-methyl/N-ethyl adjacent to an activating group) is 1. The molecule has 0 spiro atoms. The van der Waals surface area contributed by atoms with Gasteiger partial charge in [0.25, 0.3) is 0 Å². The summed E-state index contributed by atoms with van der Waals surface area (Å²) in [5.41, 5.74) is 2.16. The Balaban J connectivity index is 2.72. The molecule has 1 rings (SSSR count). The van der Waals surface area contributed by atoms with Crippen LogP contribution in [0.2, 0.25) is 0 Å². The molecular weight excluding hydrogens is 190 g/mol. The van der Waals surface area contributed by atoms with Crippen LogP contribution in [0.4, 0.5) is 11.4 Å². The number of hydrogen-bond acceptors (Lipinski definition) is 4. The number of ether oxygens (including phenoxy) is 1. The van der Waals surface area contributed by atoms with Crippen LogP contribution in [0.15, 0.2) is 18.5 Å². The second-order valence-corrected chi connectivity index (χ2v) is 3.25. The molecule has 4 nitrogen and oxygen atoms in total. The maximum Gasteiger partial charge on any atom is 0.0637 e. The number of aromatic nitrogens is 1. The number of anilines is 2. The van der Waals surface area contributed by atoms with Gasteiger partial charge in [-0.2, -0.15) is 0 Å². The third-order valence-electron chi connectivity index (χ3n) is 2.32. The van der Waals surface area contributed by atoms with E-state index in [2.05, 4.69) is 28.2 Å². The maximum absolute atomic E-state index is 5.07. The summed E-state index contributed by atoms with van der Waals surface area (Å²) in [5.74, 6) is 0. The third-order valence-corrected chi connectivity index (χ3v) is 2.32. The molecule has 0 aliphatic heterocycles. The standard InChI is InChI=1S/C11H19N3O/c1-4-14(5-6-15-3)11-7-10(12-2)8-13-9-11/h7-9,12H,4-6H2,1-3H3. The van der Waals surface area contributed by atoms with E-state index in [0.717, 1.165) is 31.1 Å². The van der Waals surface area contributed by atoms with Crippen LogP contribution in [-0.2, 0) is 4.74 Å². The highest BCUT2D eigenvalue weighted by Gasteiger charge is 2.04. The van der Waals surface area contributed by atoms with Crippen molar-refractivity contribution in [3.05, 3.63) is 18.5 Å². The van der Waals surface area contributed by atoms with Crippen LogP contribution in [0.25, 0.3) is 0 Å². The Bertz CT molecular complexity index is 291. The first kappa shape index (κ1) is 11.8. The molecule has 15 heavy (non-hydrogen) atoms. The largest absolute Gasteiger partial charge is 0.387 e. The number of nitrogens with zero attached hydrogens (tertiary/aromatic N) is 2. The van der Waals surface area contributed by atoms with Gasteiger partial charge in [-0.05, 0) is 13.0 Å². The first-order valence-corrected chi connectivity index (χ1v) is 5.18. The van der Waals surface area contributed by atoms with Gasteiger partial charge in [0, 0.05) is 27.2 Å². The van der Waals surface area contributed by atoms with E-state index in [1.165, 1.54) is 0 Å². The van der Waals surface area contributed by atoms with Gasteiger partial charge in [0.1, 0.15) is 0 Å². The van der Waals surface area contributed by atoms with Gasteiger partial charge in [-0.1, -0.05) is 0 Å². The molecule has 1 aromatic heterocycles. The van der Waals surface area contributed by atoms with Crippen molar-refractivity contribution in [1.82, 2.24) is 4.98 Å². The average molecular weight is 209 g/mol. The van der Waals surface area contributed by atoms with Crippen molar-refractivity contribution < 1.29 is 4.74 Å². The molecular formula is C11H19N3O. The fourth-order valence-corrected chi connectivity index (χ4v) is 1.41. The van der Waals surface area contributed by atoms with Gasteiger partial charge in [-0.3, -0.25) is 4.98 Å². The molecule has 0 radical (unpaired) electrons. The summed E-state index contributed by atoms with van der Waals surface area (Å²) in [7, 11) is 3.61. The lowest BCUT2D eigenvalue weighted by atomic mass is 10.3. The Morgan fingerprint density at radius 3 is 2.87 bits per heavy atom. The first-order valence-electron chi connectivity index (χ1n) is 5.18. The summed E-state index contributed by atoms with van der Waals surface area (Å²) in [6.07, 6.45) is 3.69. The van der Waals surface area contributed by atoms with Gasteiger partial charge in [0.2, 0.25) is 0 Å². The molecule has 0 atom stereocenters. The van der Waals surface area contributed by atoms with E-state index in [1.54, 1.807) is 7.11 Å². The molecule has 1 N–H and O–H groups in total. The number of hydrogen-bond donors (Lipinski definition) is 1. The molecule has 0 aliphatic carbocycles. The van der Waals surface area contributed by atoms with Crippen LogP contribution >= 0.6 is 0 Å². The normalized spacial score (nSPS) is 10.1. The number of nitrogens with one attached hydrogen (secondary N) is 1. The van der Waals surface area contributed by atoms with E-state index >= 15 is 0 Å². The predicted octanol–water partition coefficient (Wildman–Crippen LogP) is 1.60. The van der Waals surface area contributed by atoms with Crippen molar-refractivity contribution in [2.45, 2.75) is 6.92 Å². The van der Waals surface area contributed by atoms with Gasteiger partial charge in [-0.25, -0.2) is 0 Å². The zero-order chi connectivity index (χ0) is 11.1. The Morgan fingerprint density at radius 2 is 2.27 bits per heavy atom. The summed E-state index contributed by atoms with van der Waals surface area (Å²) in [5, 5.41) is 3.08. The molecule has 0 fully saturated rings. The molecule has 1 heterocycles. The Morgan fingerprint density at radius 1 is 1.47 bits per heavy atom. The summed E-state index contributed by atoms with van der Waals surface area (Å²) in [4.78, 5) is 6.42. The molecule has 0 bridgehead atoms. The topological polar surface area (TPSA) is 37.4 Å². The van der Waals surface area contributed by atoms with Crippen molar-refractivity contribution in [2.75, 3.05) is 44.1 Å². The highest BCUT2D eigenvalue weighted by molar-refractivity contribution is 5.55.